The van der Waals surface area contributed by atoms with Crippen LogP contribution in [0.3, 0.4) is 0 Å². The number of hydrogen-bond donors (Lipinski definition) is 2. The van der Waals surface area contributed by atoms with E-state index in [0.717, 1.165) is 6.42 Å². The molecule has 3 atom stereocenters. The van der Waals surface area contributed by atoms with Crippen LogP contribution in [0.15, 0.2) is 0 Å². The summed E-state index contributed by atoms with van der Waals surface area (Å²) in [5, 5.41) is 2.88. The molecule has 5 heteroatoms. The minimum atomic E-state index is -0.802. The summed E-state index contributed by atoms with van der Waals surface area (Å²) in [6, 6.07) is -0.0893. The van der Waals surface area contributed by atoms with Crippen molar-refractivity contribution in [1.82, 2.24) is 5.32 Å². The summed E-state index contributed by atoms with van der Waals surface area (Å²) in [6.07, 6.45) is 2.74. The average molecular weight is 262 g/mol. The van der Waals surface area contributed by atoms with E-state index in [9.17, 15) is 9.00 Å². The van der Waals surface area contributed by atoms with Gasteiger partial charge in [0.15, 0.2) is 0 Å². The number of hydrogen-bond acceptors (Lipinski definition) is 3. The largest absolute Gasteiger partial charge is 0.354 e. The molecule has 0 aromatic carbocycles. The maximum atomic E-state index is 11.7. The second-order valence-corrected chi connectivity index (χ2v) is 7.27. The normalized spacial score (nSPS) is 17.3. The lowest BCUT2D eigenvalue weighted by Crippen LogP contribution is -2.42. The standard InChI is InChI=1S/C12H26N2O2S/c1-9(6-7-17(5)16)14-11(15)8-10(13)12(2,3)4/h9-10H,6-8,13H2,1-5H3,(H,14,15). The van der Waals surface area contributed by atoms with Gasteiger partial charge in [-0.2, -0.15) is 0 Å². The van der Waals surface area contributed by atoms with Crippen molar-refractivity contribution in [2.75, 3.05) is 12.0 Å². The molecule has 1 amide bonds. The zero-order valence-electron chi connectivity index (χ0n) is 11.6. The zero-order valence-corrected chi connectivity index (χ0v) is 12.4. The quantitative estimate of drug-likeness (QED) is 0.751. The molecular formula is C12H26N2O2S. The van der Waals surface area contributed by atoms with E-state index in [1.165, 1.54) is 0 Å². The Morgan fingerprint density at radius 3 is 2.35 bits per heavy atom. The molecule has 0 radical (unpaired) electrons. The maximum absolute atomic E-state index is 11.7. The first-order valence-electron chi connectivity index (χ1n) is 5.98. The molecular weight excluding hydrogens is 236 g/mol. The van der Waals surface area contributed by atoms with Crippen molar-refractivity contribution in [3.63, 3.8) is 0 Å². The van der Waals surface area contributed by atoms with E-state index in [1.54, 1.807) is 6.26 Å². The first-order chi connectivity index (χ1) is 7.62. The minimum Gasteiger partial charge on any atom is -0.354 e. The van der Waals surface area contributed by atoms with E-state index in [0.29, 0.717) is 12.2 Å². The number of amides is 1. The van der Waals surface area contributed by atoms with Crippen LogP contribution in [0.2, 0.25) is 0 Å². The van der Waals surface area contributed by atoms with Crippen molar-refractivity contribution < 1.29 is 9.00 Å². The van der Waals surface area contributed by atoms with Crippen LogP contribution in [-0.4, -0.2) is 34.2 Å². The van der Waals surface area contributed by atoms with E-state index < -0.39 is 10.8 Å². The van der Waals surface area contributed by atoms with Gasteiger partial charge in [-0.05, 0) is 18.8 Å². The predicted molar refractivity (Wildman–Crippen MR) is 73.2 cm³/mol. The van der Waals surface area contributed by atoms with Crippen molar-refractivity contribution in [3.05, 3.63) is 0 Å². The molecule has 3 N–H and O–H groups in total. The van der Waals surface area contributed by atoms with E-state index in [1.807, 2.05) is 27.7 Å². The summed E-state index contributed by atoms with van der Waals surface area (Å²) < 4.78 is 10.9. The van der Waals surface area contributed by atoms with Crippen molar-refractivity contribution in [2.45, 2.75) is 52.6 Å². The van der Waals surface area contributed by atoms with Crippen molar-refractivity contribution in [1.29, 1.82) is 0 Å². The molecule has 0 aliphatic carbocycles. The first kappa shape index (κ1) is 16.6. The lowest BCUT2D eigenvalue weighted by Gasteiger charge is -2.27. The van der Waals surface area contributed by atoms with Gasteiger partial charge in [0.05, 0.1) is 0 Å². The first-order valence-corrected chi connectivity index (χ1v) is 7.70. The van der Waals surface area contributed by atoms with Gasteiger partial charge in [0.25, 0.3) is 0 Å². The molecule has 0 saturated heterocycles. The fraction of sp³-hybridized carbons (Fsp3) is 0.917. The van der Waals surface area contributed by atoms with E-state index in [4.69, 9.17) is 5.73 Å². The lowest BCUT2D eigenvalue weighted by atomic mass is 9.85. The number of nitrogens with one attached hydrogen (secondary N) is 1. The molecule has 0 aliphatic heterocycles. The summed E-state index contributed by atoms with van der Waals surface area (Å²) in [5.74, 6) is 0.592. The SMILES string of the molecule is CC(CCS(C)=O)NC(=O)CC(N)C(C)(C)C. The number of carbonyl (C=O) groups excluding carboxylic acids is 1. The molecule has 0 spiro atoms. The van der Waals surface area contributed by atoms with Crippen molar-refractivity contribution in [2.24, 2.45) is 11.1 Å². The highest BCUT2D eigenvalue weighted by molar-refractivity contribution is 7.84. The topological polar surface area (TPSA) is 72.2 Å². The molecule has 4 nitrogen and oxygen atoms in total. The second kappa shape index (κ2) is 7.11. The van der Waals surface area contributed by atoms with Crippen LogP contribution < -0.4 is 11.1 Å². The van der Waals surface area contributed by atoms with Gasteiger partial charge in [-0.25, -0.2) is 0 Å². The Balaban J connectivity index is 3.97. The van der Waals surface area contributed by atoms with E-state index >= 15 is 0 Å². The minimum absolute atomic E-state index is 0.0261. The van der Waals surface area contributed by atoms with Crippen LogP contribution in [0.1, 0.15) is 40.5 Å². The molecule has 0 aromatic heterocycles. The maximum Gasteiger partial charge on any atom is 0.221 e. The van der Waals surface area contributed by atoms with Crippen LogP contribution in [0.25, 0.3) is 0 Å². The Morgan fingerprint density at radius 2 is 1.94 bits per heavy atom. The Bertz CT molecular complexity index is 274. The van der Waals surface area contributed by atoms with Gasteiger partial charge in [0, 0.05) is 41.3 Å². The Hall–Kier alpha value is -0.420. The molecule has 0 aliphatic rings. The van der Waals surface area contributed by atoms with E-state index in [-0.39, 0.29) is 23.4 Å². The highest BCUT2D eigenvalue weighted by Crippen LogP contribution is 2.19. The highest BCUT2D eigenvalue weighted by Gasteiger charge is 2.23. The van der Waals surface area contributed by atoms with Crippen molar-refractivity contribution in [3.8, 4) is 0 Å². The smallest absolute Gasteiger partial charge is 0.221 e. The fourth-order valence-electron chi connectivity index (χ4n) is 1.25. The third-order valence-corrected chi connectivity index (χ3v) is 3.57. The summed E-state index contributed by atoms with van der Waals surface area (Å²) in [7, 11) is -0.802. The van der Waals surface area contributed by atoms with Crippen molar-refractivity contribution >= 4 is 16.7 Å². The molecule has 0 aromatic rings. The molecule has 0 rings (SSSR count). The zero-order chi connectivity index (χ0) is 13.6. The van der Waals surface area contributed by atoms with Gasteiger partial charge in [0.1, 0.15) is 0 Å². The molecule has 0 fully saturated rings. The average Bonchev–Trinajstić information content (AvgIpc) is 2.12. The number of carbonyl (C=O) groups is 1. The summed E-state index contributed by atoms with van der Waals surface area (Å²) >= 11 is 0. The van der Waals surface area contributed by atoms with Gasteiger partial charge in [-0.3, -0.25) is 9.00 Å². The van der Waals surface area contributed by atoms with Crippen LogP contribution in [-0.2, 0) is 15.6 Å². The Kier molecular flexibility index (Phi) is 6.94. The third-order valence-electron chi connectivity index (χ3n) is 2.76. The van der Waals surface area contributed by atoms with Gasteiger partial charge in [-0.15, -0.1) is 0 Å². The van der Waals surface area contributed by atoms with Gasteiger partial charge in [-0.1, -0.05) is 20.8 Å². The van der Waals surface area contributed by atoms with E-state index in [2.05, 4.69) is 5.32 Å². The van der Waals surface area contributed by atoms with Crippen LogP contribution in [0.4, 0.5) is 0 Å². The highest BCUT2D eigenvalue weighted by atomic mass is 32.2. The predicted octanol–water partition coefficient (Wildman–Crippen LogP) is 1.02. The molecule has 102 valence electrons. The lowest BCUT2D eigenvalue weighted by molar-refractivity contribution is -0.122. The van der Waals surface area contributed by atoms with Crippen LogP contribution >= 0.6 is 0 Å². The number of rotatable bonds is 6. The monoisotopic (exact) mass is 262 g/mol. The summed E-state index contributed by atoms with van der Waals surface area (Å²) in [6.45, 7) is 7.99. The third kappa shape index (κ3) is 8.32. The fourth-order valence-corrected chi connectivity index (χ4v) is 1.94. The molecule has 3 unspecified atom stereocenters. The molecule has 0 saturated carbocycles. The number of nitrogens with two attached hydrogens (primary N) is 1. The summed E-state index contributed by atoms with van der Waals surface area (Å²) in [4.78, 5) is 11.7. The van der Waals surface area contributed by atoms with Gasteiger partial charge >= 0.3 is 0 Å². The van der Waals surface area contributed by atoms with Crippen LogP contribution in [0, 0.1) is 5.41 Å². The summed E-state index contributed by atoms with van der Waals surface area (Å²) in [5.41, 5.74) is 5.88. The molecule has 0 bridgehead atoms. The van der Waals surface area contributed by atoms with Gasteiger partial charge < -0.3 is 11.1 Å². The molecule has 0 heterocycles. The second-order valence-electron chi connectivity index (χ2n) is 5.71. The Morgan fingerprint density at radius 1 is 1.41 bits per heavy atom. The molecule has 17 heavy (non-hydrogen) atoms. The Labute approximate surface area is 107 Å². The van der Waals surface area contributed by atoms with Gasteiger partial charge in [0.2, 0.25) is 5.91 Å². The van der Waals surface area contributed by atoms with Crippen LogP contribution in [0.5, 0.6) is 0 Å².